The molecule has 0 spiro atoms. The number of carbonyl (C=O) groups is 1. The first kappa shape index (κ1) is 14.1. The van der Waals surface area contributed by atoms with E-state index in [0.29, 0.717) is 37.8 Å². The lowest BCUT2D eigenvalue weighted by atomic mass is 9.95. The van der Waals surface area contributed by atoms with Crippen LogP contribution in [0.2, 0.25) is 0 Å². The molecule has 2 atom stereocenters. The second-order valence-corrected chi connectivity index (χ2v) is 4.94. The largest absolute Gasteiger partial charge is 0.391 e. The SMILES string of the molecule is O=C1CCN[C@H]([C@@H](O)CCc2cc(F)cc(F)c2)C1. The summed E-state index contributed by atoms with van der Waals surface area (Å²) in [6, 6.07) is 3.09. The van der Waals surface area contributed by atoms with Crippen molar-refractivity contribution >= 4 is 5.78 Å². The van der Waals surface area contributed by atoms with Crippen LogP contribution in [0.4, 0.5) is 8.78 Å². The fourth-order valence-electron chi connectivity index (χ4n) is 2.36. The van der Waals surface area contributed by atoms with E-state index < -0.39 is 17.7 Å². The number of carbonyl (C=O) groups excluding carboxylic acids is 1. The Balaban J connectivity index is 1.88. The van der Waals surface area contributed by atoms with Crippen molar-refractivity contribution < 1.29 is 18.7 Å². The van der Waals surface area contributed by atoms with Gasteiger partial charge in [0, 0.05) is 31.5 Å². The van der Waals surface area contributed by atoms with Crippen LogP contribution < -0.4 is 5.32 Å². The Morgan fingerprint density at radius 1 is 1.32 bits per heavy atom. The molecule has 1 heterocycles. The molecule has 19 heavy (non-hydrogen) atoms. The second-order valence-electron chi connectivity index (χ2n) is 4.94. The molecule has 1 aliphatic rings. The molecule has 104 valence electrons. The molecule has 3 nitrogen and oxygen atoms in total. The molecule has 1 aromatic rings. The summed E-state index contributed by atoms with van der Waals surface area (Å²) in [5, 5.41) is 13.1. The van der Waals surface area contributed by atoms with Crippen LogP contribution in [0.1, 0.15) is 24.8 Å². The molecule has 0 amide bonds. The van der Waals surface area contributed by atoms with Crippen molar-refractivity contribution in [3.05, 3.63) is 35.4 Å². The van der Waals surface area contributed by atoms with Crippen molar-refractivity contribution in [3.8, 4) is 0 Å². The standard InChI is InChI=1S/C14H17F2NO2/c15-10-5-9(6-11(16)7-10)1-2-14(19)13-8-12(18)3-4-17-13/h5-7,13-14,17,19H,1-4,8H2/t13-,14-/m0/s1. The van der Waals surface area contributed by atoms with Crippen LogP contribution in [-0.2, 0) is 11.2 Å². The number of aliphatic hydroxyl groups is 1. The Morgan fingerprint density at radius 2 is 2.00 bits per heavy atom. The molecule has 1 fully saturated rings. The lowest BCUT2D eigenvalue weighted by Gasteiger charge is -2.27. The summed E-state index contributed by atoms with van der Waals surface area (Å²) in [4.78, 5) is 11.3. The van der Waals surface area contributed by atoms with Gasteiger partial charge in [-0.15, -0.1) is 0 Å². The third-order valence-electron chi connectivity index (χ3n) is 3.37. The second kappa shape index (κ2) is 6.21. The summed E-state index contributed by atoms with van der Waals surface area (Å²) in [5.74, 6) is -1.09. The Morgan fingerprint density at radius 3 is 2.63 bits per heavy atom. The maximum absolute atomic E-state index is 13.0. The minimum atomic E-state index is -0.685. The molecule has 0 aromatic heterocycles. The van der Waals surface area contributed by atoms with Crippen molar-refractivity contribution in [1.82, 2.24) is 5.32 Å². The van der Waals surface area contributed by atoms with Crippen LogP contribution in [0.3, 0.4) is 0 Å². The smallest absolute Gasteiger partial charge is 0.135 e. The fraction of sp³-hybridized carbons (Fsp3) is 0.500. The molecule has 1 saturated heterocycles. The maximum atomic E-state index is 13.0. The van der Waals surface area contributed by atoms with Crippen molar-refractivity contribution in [2.24, 2.45) is 0 Å². The molecule has 1 aromatic carbocycles. The minimum absolute atomic E-state index is 0.139. The van der Waals surface area contributed by atoms with E-state index in [1.54, 1.807) is 0 Å². The molecule has 0 saturated carbocycles. The Hall–Kier alpha value is -1.33. The number of hydrogen-bond acceptors (Lipinski definition) is 3. The summed E-state index contributed by atoms with van der Waals surface area (Å²) in [6.45, 7) is 0.579. The topological polar surface area (TPSA) is 49.3 Å². The van der Waals surface area contributed by atoms with Gasteiger partial charge in [-0.25, -0.2) is 8.78 Å². The summed E-state index contributed by atoms with van der Waals surface area (Å²) in [5.41, 5.74) is 0.513. The van der Waals surface area contributed by atoms with Gasteiger partial charge in [0.1, 0.15) is 17.4 Å². The van der Waals surface area contributed by atoms with Crippen LogP contribution in [0.25, 0.3) is 0 Å². The first-order valence-corrected chi connectivity index (χ1v) is 6.43. The van der Waals surface area contributed by atoms with E-state index in [9.17, 15) is 18.7 Å². The number of Topliss-reactive ketones (excluding diaryl/α,β-unsaturated/α-hetero) is 1. The van der Waals surface area contributed by atoms with Gasteiger partial charge in [-0.3, -0.25) is 4.79 Å². The number of piperidine rings is 1. The van der Waals surface area contributed by atoms with Crippen LogP contribution in [-0.4, -0.2) is 29.6 Å². The number of nitrogens with one attached hydrogen (secondary N) is 1. The highest BCUT2D eigenvalue weighted by Gasteiger charge is 2.25. The number of aliphatic hydroxyl groups excluding tert-OH is 1. The Labute approximate surface area is 110 Å². The van der Waals surface area contributed by atoms with Gasteiger partial charge >= 0.3 is 0 Å². The molecule has 0 unspecified atom stereocenters. The van der Waals surface area contributed by atoms with Gasteiger partial charge in [-0.2, -0.15) is 0 Å². The lowest BCUT2D eigenvalue weighted by molar-refractivity contribution is -0.121. The zero-order chi connectivity index (χ0) is 13.8. The average Bonchev–Trinajstić information content (AvgIpc) is 2.35. The molecular weight excluding hydrogens is 252 g/mol. The molecule has 0 aliphatic carbocycles. The number of aryl methyl sites for hydroxylation is 1. The van der Waals surface area contributed by atoms with E-state index in [0.717, 1.165) is 6.07 Å². The van der Waals surface area contributed by atoms with Gasteiger partial charge in [0.2, 0.25) is 0 Å². The predicted octanol–water partition coefficient (Wildman–Crippen LogP) is 1.58. The molecule has 5 heteroatoms. The van der Waals surface area contributed by atoms with Gasteiger partial charge in [0.25, 0.3) is 0 Å². The van der Waals surface area contributed by atoms with Crippen LogP contribution in [0.15, 0.2) is 18.2 Å². The molecule has 2 N–H and O–H groups in total. The predicted molar refractivity (Wildman–Crippen MR) is 66.7 cm³/mol. The van der Waals surface area contributed by atoms with Crippen LogP contribution in [0.5, 0.6) is 0 Å². The van der Waals surface area contributed by atoms with Crippen LogP contribution >= 0.6 is 0 Å². The van der Waals surface area contributed by atoms with Gasteiger partial charge < -0.3 is 10.4 Å². The molecule has 0 radical (unpaired) electrons. The first-order chi connectivity index (χ1) is 9.04. The highest BCUT2D eigenvalue weighted by molar-refractivity contribution is 5.80. The van der Waals surface area contributed by atoms with Gasteiger partial charge in [-0.05, 0) is 30.5 Å². The maximum Gasteiger partial charge on any atom is 0.135 e. The molecule has 0 bridgehead atoms. The third-order valence-corrected chi connectivity index (χ3v) is 3.37. The van der Waals surface area contributed by atoms with Gasteiger partial charge in [0.15, 0.2) is 0 Å². The third kappa shape index (κ3) is 4.08. The van der Waals surface area contributed by atoms with Crippen LogP contribution in [0, 0.1) is 11.6 Å². The Kier molecular flexibility index (Phi) is 4.61. The number of ketones is 1. The van der Waals surface area contributed by atoms with Crippen molar-refractivity contribution in [2.75, 3.05) is 6.54 Å². The first-order valence-electron chi connectivity index (χ1n) is 6.43. The van der Waals surface area contributed by atoms with E-state index in [2.05, 4.69) is 5.32 Å². The zero-order valence-corrected chi connectivity index (χ0v) is 10.5. The van der Waals surface area contributed by atoms with Crippen molar-refractivity contribution in [2.45, 2.75) is 37.8 Å². The summed E-state index contributed by atoms with van der Waals surface area (Å²) in [6.07, 6.45) is 0.878. The minimum Gasteiger partial charge on any atom is -0.391 e. The highest BCUT2D eigenvalue weighted by Crippen LogP contribution is 2.15. The van der Waals surface area contributed by atoms with Gasteiger partial charge in [-0.1, -0.05) is 0 Å². The highest BCUT2D eigenvalue weighted by atomic mass is 19.1. The van der Waals surface area contributed by atoms with Crippen molar-refractivity contribution in [1.29, 1.82) is 0 Å². The number of benzene rings is 1. The number of hydrogen-bond donors (Lipinski definition) is 2. The quantitative estimate of drug-likeness (QED) is 0.872. The number of halogens is 2. The summed E-state index contributed by atoms with van der Waals surface area (Å²) < 4.78 is 26.0. The summed E-state index contributed by atoms with van der Waals surface area (Å²) in [7, 11) is 0. The number of rotatable bonds is 4. The average molecular weight is 269 g/mol. The van der Waals surface area contributed by atoms with E-state index in [4.69, 9.17) is 0 Å². The normalized spacial score (nSPS) is 21.4. The van der Waals surface area contributed by atoms with E-state index in [-0.39, 0.29) is 11.8 Å². The monoisotopic (exact) mass is 269 g/mol. The lowest BCUT2D eigenvalue weighted by Crippen LogP contribution is -2.46. The fourth-order valence-corrected chi connectivity index (χ4v) is 2.36. The Bertz CT molecular complexity index is 445. The van der Waals surface area contributed by atoms with Gasteiger partial charge in [0.05, 0.1) is 6.10 Å². The molecular formula is C14H17F2NO2. The van der Waals surface area contributed by atoms with E-state index in [1.165, 1.54) is 12.1 Å². The van der Waals surface area contributed by atoms with E-state index in [1.807, 2.05) is 0 Å². The molecule has 1 aliphatic heterocycles. The summed E-state index contributed by atoms with van der Waals surface area (Å²) >= 11 is 0. The zero-order valence-electron chi connectivity index (χ0n) is 10.5. The van der Waals surface area contributed by atoms with E-state index >= 15 is 0 Å². The van der Waals surface area contributed by atoms with Crippen molar-refractivity contribution in [3.63, 3.8) is 0 Å². The molecule has 2 rings (SSSR count).